The van der Waals surface area contributed by atoms with E-state index in [1.165, 1.54) is 13.2 Å². The van der Waals surface area contributed by atoms with Crippen LogP contribution in [0.15, 0.2) is 17.0 Å². The topological polar surface area (TPSA) is 67.2 Å². The molecule has 6 heteroatoms. The highest BCUT2D eigenvalue weighted by Gasteiger charge is 2.20. The van der Waals surface area contributed by atoms with Gasteiger partial charge in [-0.05, 0) is 12.1 Å². The van der Waals surface area contributed by atoms with Gasteiger partial charge in [-0.25, -0.2) is 12.8 Å². The zero-order valence-electron chi connectivity index (χ0n) is 8.11. The molecule has 80 valence electrons. The molecule has 0 amide bonds. The maximum atomic E-state index is 13.6. The van der Waals surface area contributed by atoms with Crippen molar-refractivity contribution in [3.63, 3.8) is 0 Å². The zero-order valence-corrected chi connectivity index (χ0v) is 8.93. The molecule has 0 heterocycles. The molecule has 0 N–H and O–H groups in total. The van der Waals surface area contributed by atoms with Gasteiger partial charge in [0.1, 0.15) is 11.0 Å². The highest BCUT2D eigenvalue weighted by molar-refractivity contribution is 7.90. The summed E-state index contributed by atoms with van der Waals surface area (Å²) < 4.78 is 40.5. The zero-order chi connectivity index (χ0) is 11.6. The average Bonchev–Trinajstić information content (AvgIpc) is 2.15. The molecule has 1 aromatic carbocycles. The molecule has 4 nitrogen and oxygen atoms in total. The third-order valence-corrected chi connectivity index (χ3v) is 2.90. The monoisotopic (exact) mass is 229 g/mol. The summed E-state index contributed by atoms with van der Waals surface area (Å²) in [5.41, 5.74) is -0.0394. The van der Waals surface area contributed by atoms with Crippen LogP contribution in [0.3, 0.4) is 0 Å². The van der Waals surface area contributed by atoms with E-state index in [9.17, 15) is 12.8 Å². The van der Waals surface area contributed by atoms with Gasteiger partial charge in [-0.3, -0.25) is 0 Å². The van der Waals surface area contributed by atoms with Crippen LogP contribution in [0.5, 0.6) is 5.75 Å². The summed E-state index contributed by atoms with van der Waals surface area (Å²) in [5, 5.41) is 8.62. The molecule has 0 atom stereocenters. The molecule has 1 aromatic rings. The van der Waals surface area contributed by atoms with Gasteiger partial charge in [-0.1, -0.05) is 0 Å². The van der Waals surface area contributed by atoms with Crippen LogP contribution in [0.25, 0.3) is 0 Å². The lowest BCUT2D eigenvalue weighted by atomic mass is 10.2. The minimum Gasteiger partial charge on any atom is -0.492 e. The van der Waals surface area contributed by atoms with Crippen LogP contribution in [0.4, 0.5) is 4.39 Å². The van der Waals surface area contributed by atoms with E-state index >= 15 is 0 Å². The Kier molecular flexibility index (Phi) is 2.95. The Bertz CT molecular complexity index is 531. The number of methoxy groups -OCH3 is 1. The summed E-state index contributed by atoms with van der Waals surface area (Å²) in [5.74, 6) is -1.38. The highest BCUT2D eigenvalue weighted by atomic mass is 32.2. The lowest BCUT2D eigenvalue weighted by molar-refractivity contribution is 0.379. The van der Waals surface area contributed by atoms with Gasteiger partial charge in [0, 0.05) is 6.26 Å². The fraction of sp³-hybridized carbons (Fsp3) is 0.222. The summed E-state index contributed by atoms with van der Waals surface area (Å²) in [6.45, 7) is 0. The van der Waals surface area contributed by atoms with Crippen LogP contribution < -0.4 is 4.74 Å². The number of ether oxygens (including phenoxy) is 1. The van der Waals surface area contributed by atoms with E-state index in [4.69, 9.17) is 5.26 Å². The first kappa shape index (κ1) is 11.5. The van der Waals surface area contributed by atoms with Crippen molar-refractivity contribution in [2.45, 2.75) is 4.90 Å². The van der Waals surface area contributed by atoms with Gasteiger partial charge in [0.2, 0.25) is 0 Å². The molecule has 0 bridgehead atoms. The molecule has 0 saturated heterocycles. The van der Waals surface area contributed by atoms with Crippen molar-refractivity contribution in [1.82, 2.24) is 0 Å². The minimum atomic E-state index is -3.66. The van der Waals surface area contributed by atoms with Crippen LogP contribution in [-0.4, -0.2) is 21.8 Å². The van der Waals surface area contributed by atoms with E-state index in [-0.39, 0.29) is 11.3 Å². The summed E-state index contributed by atoms with van der Waals surface area (Å²) in [4.78, 5) is -0.474. The fourth-order valence-corrected chi connectivity index (χ4v) is 1.85. The molecular formula is C9H8FNO3S. The number of nitrogens with zero attached hydrogens (tertiary/aromatic N) is 1. The first-order valence-electron chi connectivity index (χ1n) is 3.88. The van der Waals surface area contributed by atoms with Gasteiger partial charge >= 0.3 is 0 Å². The number of rotatable bonds is 2. The Labute approximate surface area is 86.8 Å². The number of hydrogen-bond donors (Lipinski definition) is 0. The average molecular weight is 229 g/mol. The first-order chi connectivity index (χ1) is 6.91. The molecular weight excluding hydrogens is 221 g/mol. The van der Waals surface area contributed by atoms with Gasteiger partial charge < -0.3 is 4.74 Å². The van der Waals surface area contributed by atoms with Crippen molar-refractivity contribution in [1.29, 1.82) is 5.26 Å². The van der Waals surface area contributed by atoms with E-state index in [1.54, 1.807) is 6.07 Å². The Morgan fingerprint density at radius 1 is 1.47 bits per heavy atom. The normalized spacial score (nSPS) is 10.8. The Morgan fingerprint density at radius 3 is 2.47 bits per heavy atom. The number of benzene rings is 1. The molecule has 0 aliphatic rings. The van der Waals surface area contributed by atoms with E-state index in [0.29, 0.717) is 0 Å². The summed E-state index contributed by atoms with van der Waals surface area (Å²) in [7, 11) is -2.48. The molecule has 0 spiro atoms. The Morgan fingerprint density at radius 2 is 2.07 bits per heavy atom. The Hall–Kier alpha value is -1.61. The van der Waals surface area contributed by atoms with E-state index in [2.05, 4.69) is 4.74 Å². The van der Waals surface area contributed by atoms with Crippen LogP contribution in [0, 0.1) is 17.1 Å². The smallest absolute Gasteiger partial charge is 0.185 e. The SMILES string of the molecule is COc1c(C#N)ccc(S(C)(=O)=O)c1F. The molecule has 15 heavy (non-hydrogen) atoms. The molecule has 0 saturated carbocycles. The lowest BCUT2D eigenvalue weighted by Gasteiger charge is -2.07. The van der Waals surface area contributed by atoms with Crippen molar-refractivity contribution >= 4 is 9.84 Å². The second-order valence-corrected chi connectivity index (χ2v) is 4.83. The molecule has 1 rings (SSSR count). The molecule has 0 aromatic heterocycles. The van der Waals surface area contributed by atoms with Gasteiger partial charge in [-0.15, -0.1) is 0 Å². The predicted molar refractivity (Wildman–Crippen MR) is 50.8 cm³/mol. The van der Waals surface area contributed by atoms with Gasteiger partial charge in [0.25, 0.3) is 0 Å². The molecule has 0 fully saturated rings. The van der Waals surface area contributed by atoms with E-state index in [1.807, 2.05) is 0 Å². The summed E-state index contributed by atoms with van der Waals surface area (Å²) >= 11 is 0. The number of hydrogen-bond acceptors (Lipinski definition) is 4. The van der Waals surface area contributed by atoms with Crippen molar-refractivity contribution in [2.24, 2.45) is 0 Å². The predicted octanol–water partition coefficient (Wildman–Crippen LogP) is 1.11. The first-order valence-corrected chi connectivity index (χ1v) is 5.77. The maximum Gasteiger partial charge on any atom is 0.185 e. The van der Waals surface area contributed by atoms with Gasteiger partial charge in [-0.2, -0.15) is 5.26 Å². The number of halogens is 1. The second-order valence-electron chi connectivity index (χ2n) is 2.84. The van der Waals surface area contributed by atoms with Crippen LogP contribution >= 0.6 is 0 Å². The number of sulfone groups is 1. The highest BCUT2D eigenvalue weighted by Crippen LogP contribution is 2.27. The van der Waals surface area contributed by atoms with Crippen molar-refractivity contribution in [3.8, 4) is 11.8 Å². The summed E-state index contributed by atoms with van der Waals surface area (Å²) in [6, 6.07) is 3.96. The molecule has 0 aliphatic heterocycles. The maximum absolute atomic E-state index is 13.6. The number of nitriles is 1. The third-order valence-electron chi connectivity index (χ3n) is 1.79. The standard InChI is InChI=1S/C9H8FNO3S/c1-14-9-6(5-11)3-4-7(8(9)10)15(2,12)13/h3-4H,1-2H3. The quantitative estimate of drug-likeness (QED) is 0.761. The third kappa shape index (κ3) is 2.07. The van der Waals surface area contributed by atoms with E-state index in [0.717, 1.165) is 12.3 Å². The van der Waals surface area contributed by atoms with Crippen LogP contribution in [0.1, 0.15) is 5.56 Å². The van der Waals surface area contributed by atoms with Crippen LogP contribution in [0.2, 0.25) is 0 Å². The lowest BCUT2D eigenvalue weighted by Crippen LogP contribution is -2.03. The van der Waals surface area contributed by atoms with Gasteiger partial charge in [0.05, 0.1) is 12.7 Å². The molecule has 0 aliphatic carbocycles. The molecule has 0 radical (unpaired) electrons. The van der Waals surface area contributed by atoms with Crippen LogP contribution in [-0.2, 0) is 9.84 Å². The van der Waals surface area contributed by atoms with Crippen molar-refractivity contribution < 1.29 is 17.5 Å². The van der Waals surface area contributed by atoms with Gasteiger partial charge in [0.15, 0.2) is 21.4 Å². The summed E-state index contributed by atoms with van der Waals surface area (Å²) in [6.07, 6.45) is 0.886. The van der Waals surface area contributed by atoms with Crippen molar-refractivity contribution in [2.75, 3.05) is 13.4 Å². The van der Waals surface area contributed by atoms with Crippen molar-refractivity contribution in [3.05, 3.63) is 23.5 Å². The second kappa shape index (κ2) is 3.87. The Balaban J connectivity index is 3.59. The fourth-order valence-electron chi connectivity index (χ4n) is 1.11. The van der Waals surface area contributed by atoms with E-state index < -0.39 is 20.5 Å². The largest absolute Gasteiger partial charge is 0.492 e. The minimum absolute atomic E-state index is 0.0394. The molecule has 0 unspecified atom stereocenters.